The highest BCUT2D eigenvalue weighted by Crippen LogP contribution is 2.40. The second kappa shape index (κ2) is 32.1. The van der Waals surface area contributed by atoms with Crippen molar-refractivity contribution in [3.8, 4) is 0 Å². The van der Waals surface area contributed by atoms with Crippen LogP contribution in [0.4, 0.5) is 9.59 Å². The summed E-state index contributed by atoms with van der Waals surface area (Å²) in [6.07, 6.45) is 1.26. The summed E-state index contributed by atoms with van der Waals surface area (Å²) in [5, 5.41) is 14.2. The molecule has 0 radical (unpaired) electrons. The van der Waals surface area contributed by atoms with E-state index in [0.717, 1.165) is 33.4 Å². The molecule has 0 spiro atoms. The molecule has 0 saturated carbocycles. The molecule has 0 aromatic heterocycles. The normalized spacial score (nSPS) is 16.2. The van der Waals surface area contributed by atoms with E-state index in [2.05, 4.69) is 50.5 Å². The molecule has 0 aliphatic carbocycles. The van der Waals surface area contributed by atoms with Crippen LogP contribution in [-0.2, 0) is 52.1 Å². The number of likely N-dealkylation sites (N-methyl/N-ethyl adjacent to an activating group) is 2. The molecule has 4 aromatic rings. The van der Waals surface area contributed by atoms with Crippen molar-refractivity contribution in [2.75, 3.05) is 119 Å². The molecule has 0 bridgehead atoms. The smallest absolute Gasteiger partial charge is 0.341 e. The lowest BCUT2D eigenvalue weighted by atomic mass is 9.85. The summed E-state index contributed by atoms with van der Waals surface area (Å²) < 4.78 is 80.4. The van der Waals surface area contributed by atoms with Crippen molar-refractivity contribution in [1.29, 1.82) is 0 Å². The summed E-state index contributed by atoms with van der Waals surface area (Å²) in [7, 11) is -3.66. The average Bonchev–Trinajstić information content (AvgIpc) is 3.40. The molecule has 438 valence electrons. The van der Waals surface area contributed by atoms with E-state index in [4.69, 9.17) is 76.8 Å². The molecule has 6 rings (SSSR count). The van der Waals surface area contributed by atoms with Crippen LogP contribution in [0.25, 0.3) is 0 Å². The largest absolute Gasteiger partial charge is 0.378 e. The Bertz CT molecular complexity index is 2820. The number of halogens is 4. The van der Waals surface area contributed by atoms with E-state index in [9.17, 15) is 26.4 Å². The molecule has 2 atom stereocenters. The molecule has 2 aliphatic rings. The Morgan fingerprint density at radius 2 is 0.900 bits per heavy atom. The van der Waals surface area contributed by atoms with Gasteiger partial charge in [0.2, 0.25) is 32.0 Å². The maximum absolute atomic E-state index is 13.2. The van der Waals surface area contributed by atoms with Gasteiger partial charge in [0, 0.05) is 97.4 Å². The number of rotatable bonds is 29. The summed E-state index contributed by atoms with van der Waals surface area (Å²) in [6, 6.07) is 19.2. The molecule has 80 heavy (non-hydrogen) atoms. The molecular weight excluding hydrogens is 1160 g/mol. The van der Waals surface area contributed by atoms with Crippen LogP contribution in [0.2, 0.25) is 20.1 Å². The number of ether oxygens (including phenoxy) is 4. The van der Waals surface area contributed by atoms with Gasteiger partial charge in [0.15, 0.2) is 0 Å². The van der Waals surface area contributed by atoms with E-state index < -0.39 is 32.1 Å². The lowest BCUT2D eigenvalue weighted by Crippen LogP contribution is -2.41. The number of nitrogens with one attached hydrogen (secondary N) is 6. The monoisotopic (exact) mass is 1230 g/mol. The third-order valence-corrected chi connectivity index (χ3v) is 16.7. The SMILES string of the molecule is CN1Cc2c(Cl)cc(Cl)cc2[C@H](c2cccc(S(=O)(=O)NCCOCCOCCN/C(=N\C(N)=O)NCCCCN/C(=N/C(N)=O)NCCOCCOCCNS(=O)(=O)c3cccc([C@@H]4CN(C)Cc5c(Cl)cc(Cl)cc54)c3)c2)C1. The number of carbonyl (C=O) groups excluding carboxylic acids is 2. The highest BCUT2D eigenvalue weighted by molar-refractivity contribution is 7.89. The van der Waals surface area contributed by atoms with Crippen LogP contribution in [-0.4, -0.2) is 170 Å². The van der Waals surface area contributed by atoms with Gasteiger partial charge in [0.25, 0.3) is 0 Å². The topological polar surface area (TPSA) is 295 Å². The van der Waals surface area contributed by atoms with Crippen molar-refractivity contribution in [3.63, 3.8) is 0 Å². The van der Waals surface area contributed by atoms with Crippen molar-refractivity contribution in [2.45, 2.75) is 47.6 Å². The van der Waals surface area contributed by atoms with E-state index in [1.54, 1.807) is 48.5 Å². The van der Waals surface area contributed by atoms with Gasteiger partial charge in [-0.05, 0) is 109 Å². The Morgan fingerprint density at radius 1 is 0.537 bits per heavy atom. The Kier molecular flexibility index (Phi) is 25.8. The summed E-state index contributed by atoms with van der Waals surface area (Å²) in [4.78, 5) is 35.2. The molecular formula is C52H70Cl4N12O10S2. The van der Waals surface area contributed by atoms with E-state index in [0.29, 0.717) is 85.3 Å². The van der Waals surface area contributed by atoms with Crippen LogP contribution in [0.5, 0.6) is 0 Å². The number of urea groups is 2. The molecule has 4 amide bonds. The lowest BCUT2D eigenvalue weighted by molar-refractivity contribution is 0.0520. The predicted molar refractivity (Wildman–Crippen MR) is 311 cm³/mol. The highest BCUT2D eigenvalue weighted by Gasteiger charge is 2.30. The zero-order chi connectivity index (χ0) is 57.7. The number of amides is 4. The van der Waals surface area contributed by atoms with Crippen molar-refractivity contribution < 1.29 is 45.4 Å². The lowest BCUT2D eigenvalue weighted by Gasteiger charge is -2.33. The maximum atomic E-state index is 13.2. The minimum atomic E-state index is -3.83. The number of unbranched alkanes of at least 4 members (excludes halogenated alkanes) is 1. The number of hydrogen-bond donors (Lipinski definition) is 8. The van der Waals surface area contributed by atoms with Crippen LogP contribution < -0.4 is 42.2 Å². The van der Waals surface area contributed by atoms with E-state index >= 15 is 0 Å². The molecule has 28 heteroatoms. The van der Waals surface area contributed by atoms with Crippen LogP contribution in [0, 0.1) is 0 Å². The zero-order valence-corrected chi connectivity index (χ0v) is 49.2. The Hall–Kier alpha value is -4.90. The Labute approximate surface area is 488 Å². The first-order valence-electron chi connectivity index (χ1n) is 25.8. The van der Waals surface area contributed by atoms with E-state index in [-0.39, 0.29) is 99.5 Å². The summed E-state index contributed by atoms with van der Waals surface area (Å²) in [6.45, 7) is 5.89. The second-order valence-corrected chi connectivity index (χ2v) is 24.0. The highest BCUT2D eigenvalue weighted by atomic mass is 35.5. The number of carbonyl (C=O) groups is 2. The minimum Gasteiger partial charge on any atom is -0.378 e. The standard InChI is InChI=1S/C52H70Cl4N12O10S2/c1-67-31-43(41-27-37(53)29-47(55)45(41)33-67)35-7-5-9-39(25-35)79(71,72)63-15-19-77-23-21-75-17-13-61-51(65-49(57)69)59-11-3-4-12-60-52(66-50(58)70)62-14-18-76-22-24-78-20-16-64-80(73,74)40-10-6-8-36(26-40)44-32-68(2)34-46-42(44)28-38(54)30-48(46)56/h5-10,25-30,43-44,63-64H,3-4,11-24,31-34H2,1-2H3,(H4,57,59,61,65,69)(H4,58,60,62,66,70)/t43-,44-/m0/s1. The van der Waals surface area contributed by atoms with Crippen LogP contribution in [0.15, 0.2) is 92.6 Å². The van der Waals surface area contributed by atoms with Crippen molar-refractivity contribution in [3.05, 3.63) is 126 Å². The van der Waals surface area contributed by atoms with Gasteiger partial charge in [0.05, 0.1) is 62.6 Å². The third kappa shape index (κ3) is 20.5. The van der Waals surface area contributed by atoms with Gasteiger partial charge in [-0.3, -0.25) is 0 Å². The molecule has 22 nitrogen and oxygen atoms in total. The number of aliphatic imine (C=N–C) groups is 2. The minimum absolute atomic E-state index is 0.0550. The zero-order valence-electron chi connectivity index (χ0n) is 44.6. The van der Waals surface area contributed by atoms with Gasteiger partial charge < -0.3 is 61.5 Å². The van der Waals surface area contributed by atoms with Gasteiger partial charge >= 0.3 is 12.1 Å². The number of nitrogens with zero attached hydrogens (tertiary/aromatic N) is 4. The summed E-state index contributed by atoms with van der Waals surface area (Å²) in [5.74, 6) is 0.122. The van der Waals surface area contributed by atoms with Crippen LogP contribution in [0.1, 0.15) is 58.1 Å². The summed E-state index contributed by atoms with van der Waals surface area (Å²) in [5.41, 5.74) is 16.2. The number of benzene rings is 4. The first-order chi connectivity index (χ1) is 38.3. The molecule has 2 aliphatic heterocycles. The Morgan fingerprint density at radius 3 is 1.27 bits per heavy atom. The first kappa shape index (κ1) is 64.3. The molecule has 0 fully saturated rings. The second-order valence-electron chi connectivity index (χ2n) is 18.8. The van der Waals surface area contributed by atoms with Gasteiger partial charge in [0.1, 0.15) is 0 Å². The fraction of sp³-hybridized carbons (Fsp3) is 0.462. The average molecular weight is 1230 g/mol. The van der Waals surface area contributed by atoms with E-state index in [1.807, 2.05) is 38.4 Å². The van der Waals surface area contributed by atoms with Crippen LogP contribution in [0.3, 0.4) is 0 Å². The number of nitrogens with two attached hydrogens (primary N) is 2. The molecule has 0 unspecified atom stereocenters. The first-order valence-corrected chi connectivity index (χ1v) is 30.3. The van der Waals surface area contributed by atoms with Gasteiger partial charge in [-0.25, -0.2) is 35.9 Å². The van der Waals surface area contributed by atoms with Gasteiger partial charge in [-0.2, -0.15) is 9.98 Å². The number of sulfonamides is 2. The van der Waals surface area contributed by atoms with Crippen molar-refractivity contribution in [2.24, 2.45) is 21.5 Å². The predicted octanol–water partition coefficient (Wildman–Crippen LogP) is 4.79. The molecule has 4 aromatic carbocycles. The number of hydrogen-bond acceptors (Lipinski definition) is 12. The maximum Gasteiger partial charge on any atom is 0.341 e. The van der Waals surface area contributed by atoms with E-state index in [1.165, 1.54) is 0 Å². The summed E-state index contributed by atoms with van der Waals surface area (Å²) >= 11 is 25.7. The molecule has 0 saturated heterocycles. The number of primary amides is 2. The number of fused-ring (bicyclic) bond motifs is 2. The number of guanidine groups is 2. The molecule has 2 heterocycles. The van der Waals surface area contributed by atoms with Gasteiger partial charge in [-0.1, -0.05) is 70.7 Å². The van der Waals surface area contributed by atoms with Crippen molar-refractivity contribution >= 4 is 90.4 Å². The quantitative estimate of drug-likeness (QED) is 0.0206. The van der Waals surface area contributed by atoms with Gasteiger partial charge in [-0.15, -0.1) is 0 Å². The third-order valence-electron chi connectivity index (χ3n) is 12.7. The fourth-order valence-electron chi connectivity index (χ4n) is 9.02. The fourth-order valence-corrected chi connectivity index (χ4v) is 12.3. The van der Waals surface area contributed by atoms with Crippen LogP contribution >= 0.6 is 46.4 Å². The molecule has 10 N–H and O–H groups in total. The Balaban J connectivity index is 0.774. The van der Waals surface area contributed by atoms with Crippen molar-refractivity contribution in [1.82, 2.24) is 40.5 Å².